The molecule has 0 unspecified atom stereocenters. The summed E-state index contributed by atoms with van der Waals surface area (Å²) < 4.78 is 5.91. The van der Waals surface area contributed by atoms with Crippen LogP contribution in [0, 0.1) is 0 Å². The predicted octanol–water partition coefficient (Wildman–Crippen LogP) is 6.38. The average Bonchev–Trinajstić information content (AvgIpc) is 3.48. The molecule has 9 heteroatoms. The highest BCUT2D eigenvalue weighted by Gasteiger charge is 2.37. The molecule has 0 aliphatic carbocycles. The van der Waals surface area contributed by atoms with Gasteiger partial charge in [0, 0.05) is 13.1 Å². The second-order valence-electron chi connectivity index (χ2n) is 8.64. The molecule has 0 atom stereocenters. The lowest BCUT2D eigenvalue weighted by Crippen LogP contribution is -2.40. The number of hydrogen-bond acceptors (Lipinski definition) is 5. The molecular formula is C27H22Cl2N2O4S. The first-order chi connectivity index (χ1) is 17.4. The second-order valence-corrected chi connectivity index (χ2v) is 10.4. The molecule has 0 radical (unpaired) electrons. The maximum atomic E-state index is 12.8. The first-order valence-electron chi connectivity index (χ1n) is 11.5. The SMILES string of the molecule is O=C(CN1C(=O)S/C(=C/c2cc(Cl)c(OCc3ccc4ccccc4c3)c(Cl)c2)C1=O)N1CCCC1. The number of carbonyl (C=O) groups is 3. The molecule has 3 amide bonds. The standard InChI is InChI=1S/C27H22Cl2N2O4S/c28-21-12-18(14-23-26(33)31(27(34)36-23)15-24(32)30-9-3-4-10-30)13-22(29)25(21)35-16-17-7-8-19-5-1-2-6-20(19)11-17/h1-2,5-8,11-14H,3-4,9-10,15-16H2/b23-14+. The van der Waals surface area contributed by atoms with Crippen molar-refractivity contribution in [2.75, 3.05) is 19.6 Å². The van der Waals surface area contributed by atoms with Crippen LogP contribution >= 0.6 is 35.0 Å². The summed E-state index contributed by atoms with van der Waals surface area (Å²) in [6.07, 6.45) is 3.43. The van der Waals surface area contributed by atoms with Crippen LogP contribution < -0.4 is 4.74 Å². The summed E-state index contributed by atoms with van der Waals surface area (Å²) in [5, 5.41) is 2.37. The maximum Gasteiger partial charge on any atom is 0.294 e. The van der Waals surface area contributed by atoms with Gasteiger partial charge in [-0.15, -0.1) is 0 Å². The molecule has 0 saturated carbocycles. The minimum absolute atomic E-state index is 0.213. The summed E-state index contributed by atoms with van der Waals surface area (Å²) in [5.41, 5.74) is 1.53. The van der Waals surface area contributed by atoms with E-state index in [2.05, 4.69) is 6.07 Å². The van der Waals surface area contributed by atoms with E-state index in [9.17, 15) is 14.4 Å². The summed E-state index contributed by atoms with van der Waals surface area (Å²) in [7, 11) is 0. The molecule has 0 aromatic heterocycles. The molecular weight excluding hydrogens is 519 g/mol. The van der Waals surface area contributed by atoms with Crippen LogP contribution in [0.15, 0.2) is 59.5 Å². The van der Waals surface area contributed by atoms with Gasteiger partial charge in [-0.2, -0.15) is 0 Å². The van der Waals surface area contributed by atoms with Gasteiger partial charge >= 0.3 is 0 Å². The molecule has 36 heavy (non-hydrogen) atoms. The Morgan fingerprint density at radius 2 is 1.67 bits per heavy atom. The van der Waals surface area contributed by atoms with Gasteiger partial charge in [-0.3, -0.25) is 19.3 Å². The lowest BCUT2D eigenvalue weighted by Gasteiger charge is -2.18. The molecule has 2 aliphatic rings. The van der Waals surface area contributed by atoms with Crippen molar-refractivity contribution in [1.29, 1.82) is 0 Å². The lowest BCUT2D eigenvalue weighted by atomic mass is 10.1. The van der Waals surface area contributed by atoms with E-state index >= 15 is 0 Å². The summed E-state index contributed by atoms with van der Waals surface area (Å²) in [4.78, 5) is 40.5. The van der Waals surface area contributed by atoms with Crippen molar-refractivity contribution in [3.05, 3.63) is 80.7 Å². The zero-order valence-electron chi connectivity index (χ0n) is 19.2. The van der Waals surface area contributed by atoms with E-state index in [1.807, 2.05) is 36.4 Å². The van der Waals surface area contributed by atoms with Crippen LogP contribution in [-0.2, 0) is 16.2 Å². The predicted molar refractivity (Wildman–Crippen MR) is 143 cm³/mol. The maximum absolute atomic E-state index is 12.8. The Labute approximate surface area is 222 Å². The van der Waals surface area contributed by atoms with E-state index in [-0.39, 0.29) is 34.0 Å². The smallest absolute Gasteiger partial charge is 0.294 e. The first-order valence-corrected chi connectivity index (χ1v) is 13.1. The van der Waals surface area contributed by atoms with Crippen molar-refractivity contribution in [2.45, 2.75) is 19.4 Å². The average molecular weight is 541 g/mol. The second kappa shape index (κ2) is 10.5. The van der Waals surface area contributed by atoms with Crippen LogP contribution in [0.2, 0.25) is 10.0 Å². The Bertz CT molecular complexity index is 1380. The quantitative estimate of drug-likeness (QED) is 0.339. The van der Waals surface area contributed by atoms with Gasteiger partial charge in [-0.05, 0) is 70.8 Å². The number of amides is 3. The van der Waals surface area contributed by atoms with E-state index in [1.165, 1.54) is 0 Å². The van der Waals surface area contributed by atoms with Gasteiger partial charge in [0.2, 0.25) is 5.91 Å². The number of ether oxygens (including phenoxy) is 1. The van der Waals surface area contributed by atoms with Crippen LogP contribution in [-0.4, -0.2) is 46.5 Å². The first kappa shape index (κ1) is 24.7. The topological polar surface area (TPSA) is 66.9 Å². The number of likely N-dealkylation sites (tertiary alicyclic amines) is 1. The molecule has 2 aliphatic heterocycles. The molecule has 2 fully saturated rings. The fourth-order valence-corrected chi connectivity index (χ4v) is 5.73. The number of carbonyl (C=O) groups excluding carboxylic acids is 3. The largest absolute Gasteiger partial charge is 0.486 e. The van der Waals surface area contributed by atoms with E-state index in [0.717, 1.165) is 45.8 Å². The molecule has 2 saturated heterocycles. The Kier molecular flexibility index (Phi) is 7.23. The van der Waals surface area contributed by atoms with Crippen LogP contribution in [0.4, 0.5) is 4.79 Å². The van der Waals surface area contributed by atoms with Gasteiger partial charge in [0.05, 0.1) is 15.0 Å². The Hall–Kier alpha value is -3.00. The van der Waals surface area contributed by atoms with Crippen molar-refractivity contribution in [2.24, 2.45) is 0 Å². The molecule has 2 heterocycles. The molecule has 3 aromatic carbocycles. The van der Waals surface area contributed by atoms with Gasteiger partial charge in [0.15, 0.2) is 5.75 Å². The minimum atomic E-state index is -0.499. The van der Waals surface area contributed by atoms with E-state index in [0.29, 0.717) is 24.4 Å². The fraction of sp³-hybridized carbons (Fsp3) is 0.222. The Balaban J connectivity index is 1.28. The molecule has 184 valence electrons. The number of rotatable bonds is 6. The van der Waals surface area contributed by atoms with Crippen molar-refractivity contribution in [3.63, 3.8) is 0 Å². The van der Waals surface area contributed by atoms with E-state index in [4.69, 9.17) is 27.9 Å². The third-order valence-electron chi connectivity index (χ3n) is 6.14. The number of nitrogens with zero attached hydrogens (tertiary/aromatic N) is 2. The fourth-order valence-electron chi connectivity index (χ4n) is 4.27. The van der Waals surface area contributed by atoms with Crippen LogP contribution in [0.1, 0.15) is 24.0 Å². The van der Waals surface area contributed by atoms with E-state index < -0.39 is 11.1 Å². The summed E-state index contributed by atoms with van der Waals surface area (Å²) in [6.45, 7) is 1.37. The molecule has 0 N–H and O–H groups in total. The zero-order valence-corrected chi connectivity index (χ0v) is 21.5. The number of halogens is 2. The third-order valence-corrected chi connectivity index (χ3v) is 7.61. The highest BCUT2D eigenvalue weighted by molar-refractivity contribution is 8.18. The zero-order chi connectivity index (χ0) is 25.2. The summed E-state index contributed by atoms with van der Waals surface area (Å²) >= 11 is 13.7. The Morgan fingerprint density at radius 1 is 0.972 bits per heavy atom. The highest BCUT2D eigenvalue weighted by atomic mass is 35.5. The van der Waals surface area contributed by atoms with Crippen molar-refractivity contribution in [3.8, 4) is 5.75 Å². The van der Waals surface area contributed by atoms with Gasteiger partial charge in [-0.25, -0.2) is 0 Å². The lowest BCUT2D eigenvalue weighted by molar-refractivity contribution is -0.135. The third kappa shape index (κ3) is 5.24. The molecule has 5 rings (SSSR count). The normalized spacial score (nSPS) is 17.0. The highest BCUT2D eigenvalue weighted by Crippen LogP contribution is 2.38. The van der Waals surface area contributed by atoms with Gasteiger partial charge in [0.1, 0.15) is 13.2 Å². The van der Waals surface area contributed by atoms with Gasteiger partial charge < -0.3 is 9.64 Å². The van der Waals surface area contributed by atoms with Crippen molar-refractivity contribution in [1.82, 2.24) is 9.80 Å². The minimum Gasteiger partial charge on any atom is -0.486 e. The van der Waals surface area contributed by atoms with Crippen molar-refractivity contribution < 1.29 is 19.1 Å². The Morgan fingerprint density at radius 3 is 2.39 bits per heavy atom. The van der Waals surface area contributed by atoms with Crippen LogP contribution in [0.5, 0.6) is 5.75 Å². The number of thioether (sulfide) groups is 1. The molecule has 0 bridgehead atoms. The summed E-state index contributed by atoms with van der Waals surface area (Å²) in [5.74, 6) is -0.371. The number of fused-ring (bicyclic) bond motifs is 1. The number of benzene rings is 3. The van der Waals surface area contributed by atoms with Crippen LogP contribution in [0.25, 0.3) is 16.8 Å². The number of hydrogen-bond donors (Lipinski definition) is 0. The molecule has 3 aromatic rings. The van der Waals surface area contributed by atoms with E-state index in [1.54, 1.807) is 23.1 Å². The van der Waals surface area contributed by atoms with Crippen LogP contribution in [0.3, 0.4) is 0 Å². The monoisotopic (exact) mass is 540 g/mol. The number of imide groups is 1. The molecule has 0 spiro atoms. The van der Waals surface area contributed by atoms with Gasteiger partial charge in [-0.1, -0.05) is 59.6 Å². The molecule has 6 nitrogen and oxygen atoms in total. The van der Waals surface area contributed by atoms with Gasteiger partial charge in [0.25, 0.3) is 11.1 Å². The van der Waals surface area contributed by atoms with Crippen molar-refractivity contribution >= 4 is 68.9 Å². The summed E-state index contributed by atoms with van der Waals surface area (Å²) in [6, 6.07) is 17.4.